The summed E-state index contributed by atoms with van der Waals surface area (Å²) in [7, 11) is 0. The Morgan fingerprint density at radius 2 is 1.28 bits per heavy atom. The SMILES string of the molecule is N[C@@H](CCC(=O)[C@H](Cc1ccccc1)NC(=O)CCOCCOCCNC(=O)CC[C@H](NC(=O)N[C@@H](CCC(=O)O)OC=O)C(=O)O)C(=O)NC(CC(=O)O)C(=O)N[C@@H](CS)C(=O)O. The zero-order chi connectivity index (χ0) is 48.0. The molecule has 1 rings (SSSR count). The van der Waals surface area contributed by atoms with Crippen LogP contribution in [-0.4, -0.2) is 161 Å². The van der Waals surface area contributed by atoms with Crippen LogP contribution in [-0.2, 0) is 68.6 Å². The lowest BCUT2D eigenvalue weighted by Crippen LogP contribution is -2.55. The van der Waals surface area contributed by atoms with Gasteiger partial charge in [0.1, 0.15) is 18.1 Å². The lowest BCUT2D eigenvalue weighted by Gasteiger charge is -2.22. The van der Waals surface area contributed by atoms with Gasteiger partial charge in [-0.25, -0.2) is 14.4 Å². The number of thiol groups is 1. The van der Waals surface area contributed by atoms with Crippen LogP contribution in [0.4, 0.5) is 4.79 Å². The van der Waals surface area contributed by atoms with E-state index in [1.807, 2.05) is 0 Å². The number of nitrogens with one attached hydrogen (secondary N) is 6. The van der Waals surface area contributed by atoms with Crippen molar-refractivity contribution < 1.29 is 87.4 Å². The van der Waals surface area contributed by atoms with Crippen molar-refractivity contribution in [1.29, 1.82) is 0 Å². The molecule has 6 amide bonds. The average molecular weight is 930 g/mol. The number of ketones is 1. The van der Waals surface area contributed by atoms with E-state index >= 15 is 0 Å². The minimum absolute atomic E-state index is 0.00783. The van der Waals surface area contributed by atoms with Crippen molar-refractivity contribution in [3.63, 3.8) is 0 Å². The van der Waals surface area contributed by atoms with Crippen LogP contribution in [0.25, 0.3) is 0 Å². The normalized spacial score (nSPS) is 13.5. The molecule has 25 nitrogen and oxygen atoms in total. The monoisotopic (exact) mass is 929 g/mol. The van der Waals surface area contributed by atoms with Crippen molar-refractivity contribution in [2.24, 2.45) is 5.73 Å². The molecule has 26 heteroatoms. The van der Waals surface area contributed by atoms with Gasteiger partial charge in [0.25, 0.3) is 6.47 Å². The van der Waals surface area contributed by atoms with Crippen LogP contribution in [0, 0.1) is 0 Å². The molecule has 0 radical (unpaired) electrons. The van der Waals surface area contributed by atoms with E-state index in [1.54, 1.807) is 30.3 Å². The lowest BCUT2D eigenvalue weighted by atomic mass is 9.97. The number of hydrogen-bond acceptors (Lipinski definition) is 16. The van der Waals surface area contributed by atoms with E-state index in [2.05, 4.69) is 49.3 Å². The maximum Gasteiger partial charge on any atom is 0.327 e. The highest BCUT2D eigenvalue weighted by atomic mass is 32.1. The third kappa shape index (κ3) is 24.9. The topological polar surface area (TPSA) is 395 Å². The van der Waals surface area contributed by atoms with Crippen molar-refractivity contribution in [2.75, 3.05) is 38.7 Å². The van der Waals surface area contributed by atoms with Crippen LogP contribution >= 0.6 is 12.6 Å². The molecule has 0 aliphatic carbocycles. The van der Waals surface area contributed by atoms with Crippen LogP contribution in [0.3, 0.4) is 0 Å². The first kappa shape index (κ1) is 55.6. The van der Waals surface area contributed by atoms with Gasteiger partial charge in [0.15, 0.2) is 12.0 Å². The molecule has 0 saturated heterocycles. The van der Waals surface area contributed by atoms with Crippen LogP contribution < -0.4 is 37.6 Å². The number of benzene rings is 1. The third-order valence-corrected chi connectivity index (χ3v) is 9.03. The molecule has 356 valence electrons. The van der Waals surface area contributed by atoms with E-state index in [1.165, 1.54) is 0 Å². The minimum Gasteiger partial charge on any atom is -0.481 e. The van der Waals surface area contributed by atoms with Crippen LogP contribution in [0.2, 0.25) is 0 Å². The van der Waals surface area contributed by atoms with Gasteiger partial charge in [-0.1, -0.05) is 30.3 Å². The maximum absolute atomic E-state index is 13.3. The summed E-state index contributed by atoms with van der Waals surface area (Å²) in [6, 6.07) is 0.603. The summed E-state index contributed by atoms with van der Waals surface area (Å²) < 4.78 is 15.4. The number of nitrogens with two attached hydrogens (primary N) is 1. The molecule has 0 bridgehead atoms. The fourth-order valence-electron chi connectivity index (χ4n) is 5.30. The number of carbonyl (C=O) groups is 11. The standard InChI is InChI=1S/C38H55N7O18S/c39-23(34(54)42-26(19-33(52)53)35(55)43-27(20-64)37(58)59)6-8-28(47)25(18-22-4-2-1-3-5-22)41-30(49)12-14-61-16-17-62-15-13-40-29(48)9-7-24(36(56)57)44-38(60)45-31(63-21-46)10-11-32(50)51/h1-5,21,23-27,31,64H,6-20,39H2,(H,40,48)(H,41,49)(H,42,54)(H,43,55)(H,50,51)(H,52,53)(H,56,57)(H,58,59)(H2,44,45,60)/t23-,24-,25-,26?,27-,31+/m0/s1. The van der Waals surface area contributed by atoms with Crippen LogP contribution in [0.5, 0.6) is 0 Å². The van der Waals surface area contributed by atoms with Gasteiger partial charge in [-0.15, -0.1) is 0 Å². The second-order valence-corrected chi connectivity index (χ2v) is 14.1. The molecule has 0 spiro atoms. The fraction of sp³-hybridized carbons (Fsp3) is 0.553. The van der Waals surface area contributed by atoms with E-state index < -0.39 is 109 Å². The predicted octanol–water partition coefficient (Wildman–Crippen LogP) is -2.71. The second kappa shape index (κ2) is 31.5. The molecule has 0 aliphatic rings. The Balaban J connectivity index is 2.52. The first-order valence-corrected chi connectivity index (χ1v) is 20.3. The summed E-state index contributed by atoms with van der Waals surface area (Å²) in [6.07, 6.45) is -4.13. The molecule has 6 atom stereocenters. The van der Waals surface area contributed by atoms with Gasteiger partial charge >= 0.3 is 29.9 Å². The molecule has 0 saturated carbocycles. The Kier molecular flexibility index (Phi) is 27.3. The van der Waals surface area contributed by atoms with Gasteiger partial charge in [-0.3, -0.25) is 38.4 Å². The van der Waals surface area contributed by atoms with Gasteiger partial charge in [0.2, 0.25) is 23.6 Å². The number of rotatable bonds is 35. The Labute approximate surface area is 371 Å². The largest absolute Gasteiger partial charge is 0.481 e. The molecule has 64 heavy (non-hydrogen) atoms. The number of carboxylic acid groups (broad SMARTS) is 4. The third-order valence-electron chi connectivity index (χ3n) is 8.66. The van der Waals surface area contributed by atoms with Gasteiger partial charge in [0, 0.05) is 38.0 Å². The van der Waals surface area contributed by atoms with E-state index in [-0.39, 0.29) is 90.1 Å². The minimum atomic E-state index is -1.68. The number of ether oxygens (including phenoxy) is 3. The number of carbonyl (C=O) groups excluding carboxylic acids is 7. The van der Waals surface area contributed by atoms with Gasteiger partial charge in [-0.05, 0) is 24.8 Å². The second-order valence-electron chi connectivity index (χ2n) is 13.7. The molecule has 1 unspecified atom stereocenters. The van der Waals surface area contributed by atoms with E-state index in [0.29, 0.717) is 5.56 Å². The van der Waals surface area contributed by atoms with Gasteiger partial charge in [0.05, 0.1) is 51.4 Å². The summed E-state index contributed by atoms with van der Waals surface area (Å²) >= 11 is 3.83. The number of carboxylic acids is 4. The number of Topliss-reactive ketones (excluding diaryl/α,β-unsaturated/α-hetero) is 1. The van der Waals surface area contributed by atoms with E-state index in [9.17, 15) is 63.0 Å². The molecular weight excluding hydrogens is 875 g/mol. The zero-order valence-corrected chi connectivity index (χ0v) is 35.5. The fourth-order valence-corrected chi connectivity index (χ4v) is 5.55. The summed E-state index contributed by atoms with van der Waals surface area (Å²) in [5, 5.41) is 50.2. The quantitative estimate of drug-likeness (QED) is 0.0142. The smallest absolute Gasteiger partial charge is 0.327 e. The molecule has 1 aromatic rings. The summed E-state index contributed by atoms with van der Waals surface area (Å²) in [6.45, 7) is 0.153. The molecule has 12 N–H and O–H groups in total. The molecule has 0 heterocycles. The summed E-state index contributed by atoms with van der Waals surface area (Å²) in [5.74, 6) is -9.50. The number of urea groups is 1. The zero-order valence-electron chi connectivity index (χ0n) is 34.6. The first-order valence-electron chi connectivity index (χ1n) is 19.7. The molecule has 0 aliphatic heterocycles. The van der Waals surface area contributed by atoms with Crippen molar-refractivity contribution in [1.82, 2.24) is 31.9 Å². The van der Waals surface area contributed by atoms with Crippen molar-refractivity contribution >= 4 is 78.4 Å². The highest BCUT2D eigenvalue weighted by molar-refractivity contribution is 7.80. The number of aliphatic carboxylic acids is 4. The Morgan fingerprint density at radius 1 is 0.641 bits per heavy atom. The maximum atomic E-state index is 13.3. The predicted molar refractivity (Wildman–Crippen MR) is 221 cm³/mol. The van der Waals surface area contributed by atoms with Gasteiger partial charge in [-0.2, -0.15) is 12.6 Å². The van der Waals surface area contributed by atoms with Crippen molar-refractivity contribution in [2.45, 2.75) is 94.2 Å². The van der Waals surface area contributed by atoms with E-state index in [0.717, 1.165) is 0 Å². The number of amides is 6. The highest BCUT2D eigenvalue weighted by Gasteiger charge is 2.30. The summed E-state index contributed by atoms with van der Waals surface area (Å²) in [4.78, 5) is 131. The first-order chi connectivity index (χ1) is 30.4. The van der Waals surface area contributed by atoms with Crippen LogP contribution in [0.15, 0.2) is 30.3 Å². The number of hydrogen-bond donors (Lipinski definition) is 12. The molecular formula is C38H55N7O18S. The Morgan fingerprint density at radius 3 is 1.88 bits per heavy atom. The molecule has 0 fully saturated rings. The lowest BCUT2D eigenvalue weighted by molar-refractivity contribution is -0.143. The molecule has 1 aromatic carbocycles. The van der Waals surface area contributed by atoms with E-state index in [4.69, 9.17) is 25.4 Å². The Bertz CT molecular complexity index is 1740. The van der Waals surface area contributed by atoms with Crippen molar-refractivity contribution in [3.8, 4) is 0 Å². The molecule has 0 aromatic heterocycles. The van der Waals surface area contributed by atoms with Crippen LogP contribution in [0.1, 0.15) is 56.9 Å². The van der Waals surface area contributed by atoms with Gasteiger partial charge < -0.3 is 72.3 Å². The summed E-state index contributed by atoms with van der Waals surface area (Å²) in [5.41, 5.74) is 6.67. The average Bonchev–Trinajstić information content (AvgIpc) is 3.23. The Hall–Kier alpha value is -6.38. The highest BCUT2D eigenvalue weighted by Crippen LogP contribution is 2.09. The van der Waals surface area contributed by atoms with Crippen molar-refractivity contribution in [3.05, 3.63) is 35.9 Å².